The van der Waals surface area contributed by atoms with Crippen LogP contribution in [0.2, 0.25) is 0 Å². The van der Waals surface area contributed by atoms with Crippen LogP contribution in [0.4, 0.5) is 5.95 Å². The molecule has 0 aromatic carbocycles. The molecule has 0 fully saturated rings. The Kier molecular flexibility index (Phi) is 2.22. The van der Waals surface area contributed by atoms with Crippen LogP contribution in [-0.4, -0.2) is 25.9 Å². The van der Waals surface area contributed by atoms with Crippen molar-refractivity contribution in [1.29, 1.82) is 0 Å². The largest absolute Gasteiger partial charge is 0.356 e. The molecule has 0 amide bonds. The van der Waals surface area contributed by atoms with Crippen LogP contribution in [0.15, 0.2) is 24.7 Å². The van der Waals surface area contributed by atoms with Crippen molar-refractivity contribution in [2.75, 3.05) is 11.9 Å². The van der Waals surface area contributed by atoms with Crippen molar-refractivity contribution >= 4 is 5.95 Å². The van der Waals surface area contributed by atoms with Crippen molar-refractivity contribution in [3.05, 3.63) is 24.7 Å². The first-order chi connectivity index (χ1) is 6.81. The Bertz CT molecular complexity index is 414. The van der Waals surface area contributed by atoms with Crippen molar-refractivity contribution in [2.24, 2.45) is 7.05 Å². The van der Waals surface area contributed by atoms with Gasteiger partial charge >= 0.3 is 0 Å². The van der Waals surface area contributed by atoms with Crippen molar-refractivity contribution in [2.45, 2.75) is 6.92 Å². The summed E-state index contributed by atoms with van der Waals surface area (Å²) in [5.41, 5.74) is 0. The topological polar surface area (TPSA) is 47.7 Å². The van der Waals surface area contributed by atoms with Crippen molar-refractivity contribution in [3.8, 4) is 5.82 Å². The van der Waals surface area contributed by atoms with E-state index in [0.29, 0.717) is 0 Å². The molecule has 0 spiro atoms. The normalized spacial score (nSPS) is 10.4. The molecule has 0 saturated carbocycles. The zero-order valence-corrected chi connectivity index (χ0v) is 8.31. The maximum Gasteiger partial charge on any atom is 0.208 e. The molecular weight excluding hydrogens is 178 g/mol. The highest BCUT2D eigenvalue weighted by Gasteiger charge is 2.05. The number of rotatable bonds is 3. The summed E-state index contributed by atoms with van der Waals surface area (Å²) in [7, 11) is 1.90. The van der Waals surface area contributed by atoms with E-state index >= 15 is 0 Å². The minimum absolute atomic E-state index is 0.825. The van der Waals surface area contributed by atoms with E-state index in [-0.39, 0.29) is 0 Å². The third-order valence-electron chi connectivity index (χ3n) is 1.92. The first-order valence-corrected chi connectivity index (χ1v) is 4.58. The maximum atomic E-state index is 4.30. The molecular formula is C9H13N5. The average molecular weight is 191 g/mol. The predicted octanol–water partition coefficient (Wildman–Crippen LogP) is 1.04. The summed E-state index contributed by atoms with van der Waals surface area (Å²) in [5.74, 6) is 1.70. The fraction of sp³-hybridized carbons (Fsp3) is 0.333. The van der Waals surface area contributed by atoms with Gasteiger partial charge in [0.1, 0.15) is 0 Å². The highest BCUT2D eigenvalue weighted by molar-refractivity contribution is 5.36. The molecule has 5 heteroatoms. The van der Waals surface area contributed by atoms with Crippen LogP contribution >= 0.6 is 0 Å². The van der Waals surface area contributed by atoms with Crippen LogP contribution < -0.4 is 5.32 Å². The van der Waals surface area contributed by atoms with Gasteiger partial charge in [-0.3, -0.25) is 9.25 Å². The monoisotopic (exact) mass is 191 g/mol. The molecule has 2 heterocycles. The Morgan fingerprint density at radius 3 is 2.93 bits per heavy atom. The van der Waals surface area contributed by atoms with Gasteiger partial charge in [-0.2, -0.15) is 5.10 Å². The zero-order valence-electron chi connectivity index (χ0n) is 8.31. The number of hydrogen-bond acceptors (Lipinski definition) is 3. The Morgan fingerprint density at radius 2 is 2.29 bits per heavy atom. The van der Waals surface area contributed by atoms with Crippen LogP contribution in [-0.2, 0) is 7.05 Å². The molecule has 74 valence electrons. The summed E-state index contributed by atoms with van der Waals surface area (Å²) in [6.45, 7) is 2.89. The fourth-order valence-corrected chi connectivity index (χ4v) is 1.31. The van der Waals surface area contributed by atoms with Crippen LogP contribution in [0.1, 0.15) is 6.92 Å². The molecule has 0 aliphatic heterocycles. The molecule has 0 bridgehead atoms. The molecule has 0 atom stereocenters. The molecule has 2 rings (SSSR count). The minimum Gasteiger partial charge on any atom is -0.356 e. The second kappa shape index (κ2) is 3.53. The van der Waals surface area contributed by atoms with E-state index in [2.05, 4.69) is 15.4 Å². The van der Waals surface area contributed by atoms with Crippen molar-refractivity contribution < 1.29 is 0 Å². The van der Waals surface area contributed by atoms with Gasteiger partial charge in [0, 0.05) is 38.2 Å². The lowest BCUT2D eigenvalue weighted by Gasteiger charge is -2.04. The van der Waals surface area contributed by atoms with E-state index in [4.69, 9.17) is 0 Å². The van der Waals surface area contributed by atoms with E-state index in [1.165, 1.54) is 0 Å². The van der Waals surface area contributed by atoms with Crippen LogP contribution in [0.3, 0.4) is 0 Å². The van der Waals surface area contributed by atoms with Gasteiger partial charge in [-0.1, -0.05) is 0 Å². The Hall–Kier alpha value is -1.78. The average Bonchev–Trinajstić information content (AvgIpc) is 2.74. The maximum absolute atomic E-state index is 4.30. The summed E-state index contributed by atoms with van der Waals surface area (Å²) < 4.78 is 3.69. The lowest BCUT2D eigenvalue weighted by Crippen LogP contribution is -2.05. The van der Waals surface area contributed by atoms with Crippen molar-refractivity contribution in [1.82, 2.24) is 19.3 Å². The Balaban J connectivity index is 2.36. The quantitative estimate of drug-likeness (QED) is 0.788. The van der Waals surface area contributed by atoms with Gasteiger partial charge in [0.15, 0.2) is 5.82 Å². The van der Waals surface area contributed by atoms with Gasteiger partial charge in [-0.05, 0) is 6.92 Å². The standard InChI is InChI=1S/C9H13N5/c1-3-10-9-11-5-7-14(9)8-4-6-13(2)12-8/h4-7H,3H2,1-2H3,(H,10,11). The zero-order chi connectivity index (χ0) is 9.97. The fourth-order valence-electron chi connectivity index (χ4n) is 1.31. The van der Waals surface area contributed by atoms with E-state index < -0.39 is 0 Å². The van der Waals surface area contributed by atoms with E-state index in [1.54, 1.807) is 10.9 Å². The lowest BCUT2D eigenvalue weighted by molar-refractivity contribution is 0.751. The van der Waals surface area contributed by atoms with Crippen LogP contribution in [0, 0.1) is 0 Å². The third-order valence-corrected chi connectivity index (χ3v) is 1.92. The Labute approximate surface area is 82.4 Å². The van der Waals surface area contributed by atoms with E-state index in [9.17, 15) is 0 Å². The summed E-state index contributed by atoms with van der Waals surface area (Å²) in [5, 5.41) is 7.46. The second-order valence-electron chi connectivity index (χ2n) is 3.00. The number of anilines is 1. The second-order valence-corrected chi connectivity index (χ2v) is 3.00. The molecule has 0 aliphatic carbocycles. The summed E-state index contributed by atoms with van der Waals surface area (Å²) in [6.07, 6.45) is 5.55. The number of nitrogens with one attached hydrogen (secondary N) is 1. The molecule has 1 N–H and O–H groups in total. The molecule has 2 aromatic rings. The molecule has 5 nitrogen and oxygen atoms in total. The van der Waals surface area contributed by atoms with Gasteiger partial charge < -0.3 is 5.32 Å². The predicted molar refractivity (Wildman–Crippen MR) is 54.5 cm³/mol. The SMILES string of the molecule is CCNc1nccn1-c1ccn(C)n1. The molecule has 0 aliphatic rings. The summed E-state index contributed by atoms with van der Waals surface area (Å²) >= 11 is 0. The number of hydrogen-bond donors (Lipinski definition) is 1. The van der Waals surface area contributed by atoms with E-state index in [0.717, 1.165) is 18.3 Å². The Morgan fingerprint density at radius 1 is 1.43 bits per heavy atom. The highest BCUT2D eigenvalue weighted by Crippen LogP contribution is 2.11. The summed E-state index contributed by atoms with van der Waals surface area (Å²) in [4.78, 5) is 4.19. The molecule has 2 aromatic heterocycles. The van der Waals surface area contributed by atoms with Gasteiger partial charge in [0.2, 0.25) is 5.95 Å². The highest BCUT2D eigenvalue weighted by atomic mass is 15.3. The summed E-state index contributed by atoms with van der Waals surface area (Å²) in [6, 6.07) is 1.95. The van der Waals surface area contributed by atoms with E-state index in [1.807, 2.05) is 37.0 Å². The minimum atomic E-state index is 0.825. The van der Waals surface area contributed by atoms with Crippen LogP contribution in [0.25, 0.3) is 5.82 Å². The van der Waals surface area contributed by atoms with Gasteiger partial charge in [0.25, 0.3) is 0 Å². The molecule has 0 saturated heterocycles. The first kappa shape index (κ1) is 8.80. The number of aryl methyl sites for hydroxylation is 1. The molecule has 14 heavy (non-hydrogen) atoms. The van der Waals surface area contributed by atoms with Crippen LogP contribution in [0.5, 0.6) is 0 Å². The number of nitrogens with zero attached hydrogens (tertiary/aromatic N) is 4. The number of aromatic nitrogens is 4. The third kappa shape index (κ3) is 1.48. The van der Waals surface area contributed by atoms with Gasteiger partial charge in [0.05, 0.1) is 0 Å². The van der Waals surface area contributed by atoms with Gasteiger partial charge in [-0.15, -0.1) is 0 Å². The number of imidazole rings is 1. The van der Waals surface area contributed by atoms with Gasteiger partial charge in [-0.25, -0.2) is 4.98 Å². The molecule has 0 unspecified atom stereocenters. The van der Waals surface area contributed by atoms with Crippen molar-refractivity contribution in [3.63, 3.8) is 0 Å². The smallest absolute Gasteiger partial charge is 0.208 e. The first-order valence-electron chi connectivity index (χ1n) is 4.58. The lowest BCUT2D eigenvalue weighted by atomic mass is 10.6. The molecule has 0 radical (unpaired) electrons.